The summed E-state index contributed by atoms with van der Waals surface area (Å²) in [5.74, 6) is -0.778. The van der Waals surface area contributed by atoms with Gasteiger partial charge in [0, 0.05) is 6.20 Å². The van der Waals surface area contributed by atoms with Crippen molar-refractivity contribution in [3.8, 4) is 5.75 Å². The molecule has 42 heavy (non-hydrogen) atoms. The maximum atomic E-state index is 14.2. The minimum absolute atomic E-state index is 0.159. The molecule has 0 radical (unpaired) electrons. The molecule has 0 aliphatic carbocycles. The first-order valence-corrected chi connectivity index (χ1v) is 14.4. The van der Waals surface area contributed by atoms with Gasteiger partial charge in [-0.25, -0.2) is 0 Å². The number of rotatable bonds is 8. The first-order chi connectivity index (χ1) is 20.3. The lowest BCUT2D eigenvalue weighted by Gasteiger charge is -2.33. The molecule has 2 aliphatic rings. The van der Waals surface area contributed by atoms with Gasteiger partial charge in [0.2, 0.25) is 17.7 Å². The highest BCUT2D eigenvalue weighted by Gasteiger charge is 2.38. The van der Waals surface area contributed by atoms with Crippen LogP contribution in [0.1, 0.15) is 43.1 Å². The van der Waals surface area contributed by atoms with Crippen LogP contribution in [0.2, 0.25) is 0 Å². The Morgan fingerprint density at radius 2 is 1.57 bits per heavy atom. The third kappa shape index (κ3) is 7.85. The first-order valence-electron chi connectivity index (χ1n) is 14.4. The van der Waals surface area contributed by atoms with E-state index in [4.69, 9.17) is 4.74 Å². The van der Waals surface area contributed by atoms with E-state index in [1.54, 1.807) is 24.4 Å². The van der Waals surface area contributed by atoms with Gasteiger partial charge >= 0.3 is 0 Å². The number of hydrogen-bond acceptors (Lipinski definition) is 5. The minimum atomic E-state index is -1.14. The monoisotopic (exact) mass is 568 g/mol. The van der Waals surface area contributed by atoms with Gasteiger partial charge in [0.1, 0.15) is 17.8 Å². The van der Waals surface area contributed by atoms with Gasteiger partial charge in [-0.05, 0) is 61.3 Å². The van der Waals surface area contributed by atoms with Gasteiger partial charge in [-0.15, -0.1) is 0 Å². The van der Waals surface area contributed by atoms with Crippen molar-refractivity contribution in [2.75, 3.05) is 14.1 Å². The standard InChI is InChI=1S/C34H40N4O4/c1-5-23(2)29-33(40)35-21-20-24-16-18-27(19-17-24)42-31(26-14-10-7-11-15-26)30(34(41)36-29)37-32(39)28(38(3)4)22-25-12-8-6-9-13-25/h6-21,23,28-31H,5,22H2,1-4H3,(H,35,40)(H,36,41)(H,37,39). The number of fused-ring (bicyclic) bond motifs is 10. The van der Waals surface area contributed by atoms with E-state index < -0.39 is 30.1 Å². The lowest BCUT2D eigenvalue weighted by Crippen LogP contribution is -2.59. The maximum Gasteiger partial charge on any atom is 0.247 e. The Bertz CT molecular complexity index is 1360. The van der Waals surface area contributed by atoms with Crippen LogP contribution >= 0.6 is 0 Å². The summed E-state index contributed by atoms with van der Waals surface area (Å²) in [4.78, 5) is 43.2. The largest absolute Gasteiger partial charge is 0.483 e. The summed E-state index contributed by atoms with van der Waals surface area (Å²) in [7, 11) is 3.68. The van der Waals surface area contributed by atoms with Crippen molar-refractivity contribution in [1.29, 1.82) is 0 Å². The predicted octanol–water partition coefficient (Wildman–Crippen LogP) is 4.10. The summed E-state index contributed by atoms with van der Waals surface area (Å²) < 4.78 is 6.48. The molecule has 5 atom stereocenters. The summed E-state index contributed by atoms with van der Waals surface area (Å²) in [6.07, 6.45) is 3.60. The topological polar surface area (TPSA) is 99.8 Å². The molecule has 220 valence electrons. The van der Waals surface area contributed by atoms with E-state index >= 15 is 0 Å². The van der Waals surface area contributed by atoms with Crippen LogP contribution in [0.4, 0.5) is 0 Å². The smallest absolute Gasteiger partial charge is 0.247 e. The molecule has 0 aromatic heterocycles. The normalized spacial score (nSPS) is 20.5. The summed E-state index contributed by atoms with van der Waals surface area (Å²) >= 11 is 0. The number of carbonyl (C=O) groups excluding carboxylic acids is 3. The molecular formula is C34H40N4O4. The van der Waals surface area contributed by atoms with Gasteiger partial charge in [0.15, 0.2) is 6.10 Å². The van der Waals surface area contributed by atoms with E-state index in [1.165, 1.54) is 0 Å². The number of likely N-dealkylation sites (N-methyl/N-ethyl adjacent to an activating group) is 1. The molecule has 0 spiro atoms. The number of amides is 3. The van der Waals surface area contributed by atoms with Gasteiger partial charge in [0.05, 0.1) is 6.04 Å². The molecule has 3 aromatic rings. The summed E-state index contributed by atoms with van der Waals surface area (Å²) in [5.41, 5.74) is 2.59. The zero-order valence-electron chi connectivity index (χ0n) is 24.6. The highest BCUT2D eigenvalue weighted by molar-refractivity contribution is 5.94. The average molecular weight is 569 g/mol. The van der Waals surface area contributed by atoms with Gasteiger partial charge < -0.3 is 20.7 Å². The Kier molecular flexibility index (Phi) is 10.5. The average Bonchev–Trinajstić information content (AvgIpc) is 3.00. The van der Waals surface area contributed by atoms with Gasteiger partial charge in [-0.1, -0.05) is 93.1 Å². The number of nitrogens with one attached hydrogen (secondary N) is 3. The summed E-state index contributed by atoms with van der Waals surface area (Å²) in [6, 6.07) is 23.9. The molecule has 8 heteroatoms. The molecule has 0 saturated carbocycles. The van der Waals surface area contributed by atoms with Gasteiger partial charge in [-0.2, -0.15) is 0 Å². The maximum absolute atomic E-state index is 14.2. The van der Waals surface area contributed by atoms with Crippen molar-refractivity contribution in [1.82, 2.24) is 20.9 Å². The van der Waals surface area contributed by atoms with Crippen molar-refractivity contribution in [2.45, 2.75) is 50.9 Å². The number of ether oxygens (including phenoxy) is 1. The SMILES string of the molecule is CCC(C)C1NC(=O)C(NC(=O)C(Cc2ccccc2)N(C)C)C(c2ccccc2)Oc2ccc(cc2)C=CNC1=O. The molecule has 3 amide bonds. The highest BCUT2D eigenvalue weighted by atomic mass is 16.5. The van der Waals surface area contributed by atoms with Crippen molar-refractivity contribution in [3.63, 3.8) is 0 Å². The fraction of sp³-hybridized carbons (Fsp3) is 0.324. The molecule has 0 saturated heterocycles. The molecule has 2 bridgehead atoms. The van der Waals surface area contributed by atoms with Crippen LogP contribution in [-0.4, -0.2) is 54.8 Å². The molecule has 2 heterocycles. The Hall–Kier alpha value is -4.43. The lowest BCUT2D eigenvalue weighted by molar-refractivity contribution is -0.136. The second-order valence-corrected chi connectivity index (χ2v) is 10.9. The number of carbonyl (C=O) groups is 3. The predicted molar refractivity (Wildman–Crippen MR) is 164 cm³/mol. The van der Waals surface area contributed by atoms with Crippen LogP contribution in [0.3, 0.4) is 0 Å². The van der Waals surface area contributed by atoms with Crippen LogP contribution in [0.15, 0.2) is 91.1 Å². The van der Waals surface area contributed by atoms with Crippen LogP contribution in [0.5, 0.6) is 5.75 Å². The fourth-order valence-electron chi connectivity index (χ4n) is 4.91. The molecule has 2 aliphatic heterocycles. The number of benzene rings is 3. The first kappa shape index (κ1) is 30.5. The van der Waals surface area contributed by atoms with Gasteiger partial charge in [-0.3, -0.25) is 19.3 Å². The molecule has 8 nitrogen and oxygen atoms in total. The van der Waals surface area contributed by atoms with E-state index in [-0.39, 0.29) is 17.7 Å². The Morgan fingerprint density at radius 3 is 2.19 bits per heavy atom. The number of nitrogens with zero attached hydrogens (tertiary/aromatic N) is 1. The van der Waals surface area contributed by atoms with Crippen LogP contribution in [-0.2, 0) is 20.8 Å². The second kappa shape index (κ2) is 14.5. The molecule has 3 aromatic carbocycles. The zero-order chi connectivity index (χ0) is 30.1. The Balaban J connectivity index is 1.77. The molecular weight excluding hydrogens is 528 g/mol. The molecule has 0 fully saturated rings. The van der Waals surface area contributed by atoms with Crippen LogP contribution in [0.25, 0.3) is 6.08 Å². The fourth-order valence-corrected chi connectivity index (χ4v) is 4.91. The van der Waals surface area contributed by atoms with E-state index in [2.05, 4.69) is 16.0 Å². The van der Waals surface area contributed by atoms with E-state index in [9.17, 15) is 14.4 Å². The van der Waals surface area contributed by atoms with E-state index in [1.807, 2.05) is 106 Å². The third-order valence-corrected chi connectivity index (χ3v) is 7.65. The molecule has 3 N–H and O–H groups in total. The minimum Gasteiger partial charge on any atom is -0.483 e. The molecule has 5 unspecified atom stereocenters. The van der Waals surface area contributed by atoms with Crippen LogP contribution in [0, 0.1) is 5.92 Å². The Morgan fingerprint density at radius 1 is 0.929 bits per heavy atom. The van der Waals surface area contributed by atoms with Crippen molar-refractivity contribution < 1.29 is 19.1 Å². The number of hydrogen-bond donors (Lipinski definition) is 3. The summed E-state index contributed by atoms with van der Waals surface area (Å²) in [6.45, 7) is 3.88. The van der Waals surface area contributed by atoms with Crippen molar-refractivity contribution >= 4 is 23.8 Å². The molecule has 5 rings (SSSR count). The van der Waals surface area contributed by atoms with Crippen LogP contribution < -0.4 is 20.7 Å². The van der Waals surface area contributed by atoms with Crippen molar-refractivity contribution in [3.05, 3.63) is 108 Å². The highest BCUT2D eigenvalue weighted by Crippen LogP contribution is 2.27. The quantitative estimate of drug-likeness (QED) is 0.380. The third-order valence-electron chi connectivity index (χ3n) is 7.65. The van der Waals surface area contributed by atoms with Crippen molar-refractivity contribution in [2.24, 2.45) is 5.92 Å². The lowest BCUT2D eigenvalue weighted by atomic mass is 9.95. The van der Waals surface area contributed by atoms with E-state index in [0.717, 1.165) is 11.1 Å². The van der Waals surface area contributed by atoms with E-state index in [0.29, 0.717) is 24.2 Å². The second-order valence-electron chi connectivity index (χ2n) is 10.9. The summed E-state index contributed by atoms with van der Waals surface area (Å²) in [5, 5.41) is 8.77. The van der Waals surface area contributed by atoms with Gasteiger partial charge in [0.25, 0.3) is 0 Å². The zero-order valence-corrected chi connectivity index (χ0v) is 24.6. The Labute approximate surface area is 248 Å².